The van der Waals surface area contributed by atoms with Gasteiger partial charge in [0.15, 0.2) is 0 Å². The third kappa shape index (κ3) is 4.07. The number of carbonyl (C=O) groups is 1. The summed E-state index contributed by atoms with van der Waals surface area (Å²) < 4.78 is 5.19. The minimum absolute atomic E-state index is 0.0308. The van der Waals surface area contributed by atoms with E-state index in [2.05, 4.69) is 6.92 Å². The number of aryl methyl sites for hydroxylation is 1. The largest absolute Gasteiger partial charge is 0.497 e. The molecule has 2 rings (SSSR count). The number of likely N-dealkylation sites (N-methyl/N-ethyl adjacent to an activating group) is 1. The van der Waals surface area contributed by atoms with Crippen LogP contribution in [0.1, 0.15) is 35.3 Å². The summed E-state index contributed by atoms with van der Waals surface area (Å²) in [6.07, 6.45) is 0.797. The van der Waals surface area contributed by atoms with Crippen molar-refractivity contribution in [1.82, 2.24) is 4.90 Å². The van der Waals surface area contributed by atoms with Crippen LogP contribution in [0, 0.1) is 6.92 Å². The van der Waals surface area contributed by atoms with Gasteiger partial charge in [-0.25, -0.2) is 0 Å². The highest BCUT2D eigenvalue weighted by Gasteiger charge is 2.21. The zero-order chi connectivity index (χ0) is 17.7. The molecule has 0 aliphatic carbocycles. The van der Waals surface area contributed by atoms with Crippen LogP contribution in [0.4, 0.5) is 5.69 Å². The maximum atomic E-state index is 12.9. The quantitative estimate of drug-likeness (QED) is 0.824. The van der Waals surface area contributed by atoms with Crippen molar-refractivity contribution in [2.24, 2.45) is 0 Å². The van der Waals surface area contributed by atoms with Crippen molar-refractivity contribution in [2.75, 3.05) is 19.4 Å². The summed E-state index contributed by atoms with van der Waals surface area (Å²) in [5, 5.41) is 0. The van der Waals surface area contributed by atoms with E-state index in [1.807, 2.05) is 55.1 Å². The molecule has 1 unspecified atom stereocenters. The molecule has 0 heterocycles. The molecule has 1 amide bonds. The van der Waals surface area contributed by atoms with Crippen molar-refractivity contribution in [3.05, 3.63) is 59.2 Å². The normalized spacial score (nSPS) is 11.8. The van der Waals surface area contributed by atoms with Gasteiger partial charge in [0.25, 0.3) is 5.91 Å². The van der Waals surface area contributed by atoms with Crippen molar-refractivity contribution in [3.8, 4) is 5.75 Å². The van der Waals surface area contributed by atoms with E-state index in [9.17, 15) is 4.79 Å². The predicted molar refractivity (Wildman–Crippen MR) is 98.5 cm³/mol. The van der Waals surface area contributed by atoms with E-state index in [0.29, 0.717) is 17.8 Å². The van der Waals surface area contributed by atoms with Crippen LogP contribution < -0.4 is 10.5 Å². The van der Waals surface area contributed by atoms with Gasteiger partial charge in [0.05, 0.1) is 7.11 Å². The number of rotatable bonds is 6. The predicted octanol–water partition coefficient (Wildman–Crippen LogP) is 3.68. The third-order valence-electron chi connectivity index (χ3n) is 4.32. The van der Waals surface area contributed by atoms with Crippen LogP contribution in [-0.4, -0.2) is 30.5 Å². The highest BCUT2D eigenvalue weighted by molar-refractivity contribution is 5.96. The molecule has 0 fully saturated rings. The topological polar surface area (TPSA) is 55.6 Å². The van der Waals surface area contributed by atoms with Crippen LogP contribution in [0.3, 0.4) is 0 Å². The van der Waals surface area contributed by atoms with Crippen molar-refractivity contribution in [3.63, 3.8) is 0 Å². The second kappa shape index (κ2) is 7.86. The standard InChI is InChI=1S/C20H26N2O2/c1-5-22(20(23)19-13-17(21)9-6-14(19)2)15(3)12-16-7-10-18(24-4)11-8-16/h6-11,13,15H,5,12,21H2,1-4H3. The van der Waals surface area contributed by atoms with E-state index in [4.69, 9.17) is 10.5 Å². The number of nitrogens with two attached hydrogens (primary N) is 1. The summed E-state index contributed by atoms with van der Waals surface area (Å²) >= 11 is 0. The minimum atomic E-state index is 0.0308. The summed E-state index contributed by atoms with van der Waals surface area (Å²) in [5.74, 6) is 0.869. The molecule has 2 aromatic carbocycles. The SMILES string of the molecule is CCN(C(=O)c1cc(N)ccc1C)C(C)Cc1ccc(OC)cc1. The van der Waals surface area contributed by atoms with Crippen LogP contribution in [0.2, 0.25) is 0 Å². The van der Waals surface area contributed by atoms with Gasteiger partial charge < -0.3 is 15.4 Å². The van der Waals surface area contributed by atoms with Crippen molar-refractivity contribution < 1.29 is 9.53 Å². The molecule has 128 valence electrons. The molecule has 0 aliphatic rings. The van der Waals surface area contributed by atoms with Gasteiger partial charge in [0, 0.05) is 23.8 Å². The van der Waals surface area contributed by atoms with Crippen molar-refractivity contribution >= 4 is 11.6 Å². The molecule has 0 radical (unpaired) electrons. The number of benzene rings is 2. The monoisotopic (exact) mass is 326 g/mol. The lowest BCUT2D eigenvalue weighted by Crippen LogP contribution is -2.40. The fraction of sp³-hybridized carbons (Fsp3) is 0.350. The molecular formula is C20H26N2O2. The van der Waals surface area contributed by atoms with Crippen molar-refractivity contribution in [2.45, 2.75) is 33.2 Å². The summed E-state index contributed by atoms with van der Waals surface area (Å²) in [4.78, 5) is 14.8. The molecule has 0 aliphatic heterocycles. The third-order valence-corrected chi connectivity index (χ3v) is 4.32. The Hall–Kier alpha value is -2.49. The summed E-state index contributed by atoms with van der Waals surface area (Å²) in [7, 11) is 1.66. The van der Waals surface area contributed by atoms with E-state index in [0.717, 1.165) is 17.7 Å². The number of methoxy groups -OCH3 is 1. The lowest BCUT2D eigenvalue weighted by molar-refractivity contribution is 0.0702. The Bertz CT molecular complexity index is 695. The second-order valence-electron chi connectivity index (χ2n) is 6.07. The number of hydrogen-bond acceptors (Lipinski definition) is 3. The van der Waals surface area contributed by atoms with Gasteiger partial charge in [-0.1, -0.05) is 18.2 Å². The second-order valence-corrected chi connectivity index (χ2v) is 6.07. The Morgan fingerprint density at radius 2 is 1.88 bits per heavy atom. The van der Waals surface area contributed by atoms with E-state index in [1.165, 1.54) is 5.56 Å². The van der Waals surface area contributed by atoms with Gasteiger partial charge in [-0.15, -0.1) is 0 Å². The molecule has 2 aromatic rings. The molecular weight excluding hydrogens is 300 g/mol. The molecule has 2 N–H and O–H groups in total. The van der Waals surface area contributed by atoms with E-state index >= 15 is 0 Å². The first kappa shape index (κ1) is 17.9. The molecule has 0 aromatic heterocycles. The number of hydrogen-bond donors (Lipinski definition) is 1. The number of nitrogens with zero attached hydrogens (tertiary/aromatic N) is 1. The zero-order valence-corrected chi connectivity index (χ0v) is 14.9. The lowest BCUT2D eigenvalue weighted by atomic mass is 10.0. The Kier molecular flexibility index (Phi) is 5.85. The first-order chi connectivity index (χ1) is 11.5. The molecule has 0 saturated carbocycles. The maximum absolute atomic E-state index is 12.9. The van der Waals surface area contributed by atoms with Crippen LogP contribution in [0.15, 0.2) is 42.5 Å². The average Bonchev–Trinajstić information content (AvgIpc) is 2.58. The number of ether oxygens (including phenoxy) is 1. The first-order valence-electron chi connectivity index (χ1n) is 8.26. The Balaban J connectivity index is 2.16. The molecule has 0 saturated heterocycles. The molecule has 0 bridgehead atoms. The van der Waals surface area contributed by atoms with Crippen molar-refractivity contribution in [1.29, 1.82) is 0 Å². The van der Waals surface area contributed by atoms with E-state index < -0.39 is 0 Å². The number of amides is 1. The summed E-state index contributed by atoms with van der Waals surface area (Å²) in [6, 6.07) is 13.5. The van der Waals surface area contributed by atoms with Gasteiger partial charge in [-0.2, -0.15) is 0 Å². The number of nitrogen functional groups attached to an aromatic ring is 1. The van der Waals surface area contributed by atoms with Gasteiger partial charge >= 0.3 is 0 Å². The van der Waals surface area contributed by atoms with Crippen LogP contribution in [0.5, 0.6) is 5.75 Å². The number of anilines is 1. The van der Waals surface area contributed by atoms with Gasteiger partial charge in [-0.3, -0.25) is 4.79 Å². The Labute approximate surface area is 144 Å². The molecule has 1 atom stereocenters. The highest BCUT2D eigenvalue weighted by atomic mass is 16.5. The van der Waals surface area contributed by atoms with E-state index in [1.54, 1.807) is 13.2 Å². The minimum Gasteiger partial charge on any atom is -0.497 e. The fourth-order valence-corrected chi connectivity index (χ4v) is 2.89. The highest BCUT2D eigenvalue weighted by Crippen LogP contribution is 2.19. The van der Waals surface area contributed by atoms with E-state index in [-0.39, 0.29) is 11.9 Å². The van der Waals surface area contributed by atoms with Gasteiger partial charge in [0.1, 0.15) is 5.75 Å². The first-order valence-corrected chi connectivity index (χ1v) is 8.26. The van der Waals surface area contributed by atoms with Crippen LogP contribution in [-0.2, 0) is 6.42 Å². The fourth-order valence-electron chi connectivity index (χ4n) is 2.89. The lowest BCUT2D eigenvalue weighted by Gasteiger charge is -2.29. The maximum Gasteiger partial charge on any atom is 0.254 e. The number of carbonyl (C=O) groups excluding carboxylic acids is 1. The smallest absolute Gasteiger partial charge is 0.254 e. The van der Waals surface area contributed by atoms with Crippen LogP contribution in [0.25, 0.3) is 0 Å². The molecule has 4 nitrogen and oxygen atoms in total. The summed E-state index contributed by atoms with van der Waals surface area (Å²) in [5.41, 5.74) is 9.27. The van der Waals surface area contributed by atoms with Crippen LogP contribution >= 0.6 is 0 Å². The molecule has 24 heavy (non-hydrogen) atoms. The summed E-state index contributed by atoms with van der Waals surface area (Å²) in [6.45, 7) is 6.68. The van der Waals surface area contributed by atoms with Gasteiger partial charge in [0.2, 0.25) is 0 Å². The average molecular weight is 326 g/mol. The molecule has 4 heteroatoms. The molecule has 0 spiro atoms. The zero-order valence-electron chi connectivity index (χ0n) is 14.9. The Morgan fingerprint density at radius 3 is 2.46 bits per heavy atom. The Morgan fingerprint density at radius 1 is 1.21 bits per heavy atom. The van der Waals surface area contributed by atoms with Gasteiger partial charge in [-0.05, 0) is 62.6 Å².